The molecular formula is C14H11F2NO. The number of ketones is 1. The Balaban J connectivity index is 2.44. The van der Waals surface area contributed by atoms with Crippen LogP contribution in [0.1, 0.15) is 27.2 Å². The first-order chi connectivity index (χ1) is 8.49. The Morgan fingerprint density at radius 3 is 2.44 bits per heavy atom. The Hall–Kier alpha value is -2.10. The third kappa shape index (κ3) is 2.27. The van der Waals surface area contributed by atoms with Gasteiger partial charge >= 0.3 is 0 Å². The summed E-state index contributed by atoms with van der Waals surface area (Å²) in [6.45, 7) is 3.62. The standard InChI is InChI=1S/C14H11F2NO/c1-8-5-9(2)13(17-7-8)14(18)10-3-4-11(15)12(16)6-10/h3-7H,1-2H3. The highest BCUT2D eigenvalue weighted by Crippen LogP contribution is 2.15. The molecule has 2 nitrogen and oxygen atoms in total. The maximum Gasteiger partial charge on any atom is 0.211 e. The van der Waals surface area contributed by atoms with Crippen molar-refractivity contribution in [2.24, 2.45) is 0 Å². The van der Waals surface area contributed by atoms with Crippen molar-refractivity contribution in [1.29, 1.82) is 0 Å². The summed E-state index contributed by atoms with van der Waals surface area (Å²) in [4.78, 5) is 16.1. The molecule has 2 aromatic rings. The summed E-state index contributed by atoms with van der Waals surface area (Å²) in [6.07, 6.45) is 1.57. The lowest BCUT2D eigenvalue weighted by atomic mass is 10.0. The molecule has 18 heavy (non-hydrogen) atoms. The van der Waals surface area contributed by atoms with Gasteiger partial charge in [-0.15, -0.1) is 0 Å². The van der Waals surface area contributed by atoms with Crippen LogP contribution in [0.5, 0.6) is 0 Å². The van der Waals surface area contributed by atoms with Crippen molar-refractivity contribution < 1.29 is 13.6 Å². The van der Waals surface area contributed by atoms with E-state index in [1.165, 1.54) is 6.07 Å². The van der Waals surface area contributed by atoms with E-state index in [1.807, 2.05) is 13.0 Å². The van der Waals surface area contributed by atoms with E-state index in [2.05, 4.69) is 4.98 Å². The third-order valence-electron chi connectivity index (χ3n) is 2.61. The number of carbonyl (C=O) groups is 1. The lowest BCUT2D eigenvalue weighted by molar-refractivity contribution is 0.103. The molecule has 1 heterocycles. The largest absolute Gasteiger partial charge is 0.287 e. The van der Waals surface area contributed by atoms with E-state index in [0.29, 0.717) is 5.56 Å². The molecule has 0 amide bonds. The zero-order valence-corrected chi connectivity index (χ0v) is 10.00. The van der Waals surface area contributed by atoms with Gasteiger partial charge in [-0.05, 0) is 43.2 Å². The van der Waals surface area contributed by atoms with Gasteiger partial charge in [0.05, 0.1) is 0 Å². The Kier molecular flexibility index (Phi) is 3.19. The molecule has 2 rings (SSSR count). The van der Waals surface area contributed by atoms with Crippen LogP contribution in [0.2, 0.25) is 0 Å². The minimum atomic E-state index is -1.04. The van der Waals surface area contributed by atoms with Gasteiger partial charge in [-0.1, -0.05) is 6.07 Å². The van der Waals surface area contributed by atoms with Crippen molar-refractivity contribution in [2.45, 2.75) is 13.8 Å². The maximum atomic E-state index is 13.1. The molecule has 0 spiro atoms. The van der Waals surface area contributed by atoms with Gasteiger partial charge in [0.25, 0.3) is 0 Å². The van der Waals surface area contributed by atoms with E-state index >= 15 is 0 Å². The van der Waals surface area contributed by atoms with Crippen LogP contribution in [-0.4, -0.2) is 10.8 Å². The maximum absolute atomic E-state index is 13.1. The number of nitrogens with zero attached hydrogens (tertiary/aromatic N) is 1. The molecule has 1 aromatic carbocycles. The number of aromatic nitrogens is 1. The van der Waals surface area contributed by atoms with Crippen molar-refractivity contribution >= 4 is 5.78 Å². The van der Waals surface area contributed by atoms with E-state index in [-0.39, 0.29) is 11.3 Å². The fraction of sp³-hybridized carbons (Fsp3) is 0.143. The molecule has 4 heteroatoms. The van der Waals surface area contributed by atoms with Crippen molar-refractivity contribution in [1.82, 2.24) is 4.98 Å². The molecule has 0 radical (unpaired) electrons. The molecule has 0 aliphatic carbocycles. The van der Waals surface area contributed by atoms with Crippen LogP contribution in [0.15, 0.2) is 30.5 Å². The number of hydrogen-bond acceptors (Lipinski definition) is 2. The van der Waals surface area contributed by atoms with Crippen LogP contribution < -0.4 is 0 Å². The van der Waals surface area contributed by atoms with Crippen molar-refractivity contribution in [3.8, 4) is 0 Å². The molecule has 1 aromatic heterocycles. The number of hydrogen-bond donors (Lipinski definition) is 0. The topological polar surface area (TPSA) is 30.0 Å². The number of pyridine rings is 1. The number of aryl methyl sites for hydroxylation is 2. The average molecular weight is 247 g/mol. The van der Waals surface area contributed by atoms with Gasteiger partial charge in [-0.2, -0.15) is 0 Å². The van der Waals surface area contributed by atoms with Crippen LogP contribution in [0.25, 0.3) is 0 Å². The van der Waals surface area contributed by atoms with E-state index in [1.54, 1.807) is 13.1 Å². The highest BCUT2D eigenvalue weighted by Gasteiger charge is 2.15. The normalized spacial score (nSPS) is 10.4. The van der Waals surface area contributed by atoms with Crippen LogP contribution in [0, 0.1) is 25.5 Å². The van der Waals surface area contributed by atoms with Crippen LogP contribution >= 0.6 is 0 Å². The fourth-order valence-electron chi connectivity index (χ4n) is 1.73. The lowest BCUT2D eigenvalue weighted by Gasteiger charge is -2.05. The number of carbonyl (C=O) groups excluding carboxylic acids is 1. The highest BCUT2D eigenvalue weighted by molar-refractivity contribution is 6.08. The first-order valence-electron chi connectivity index (χ1n) is 5.42. The Morgan fingerprint density at radius 1 is 1.11 bits per heavy atom. The van der Waals surface area contributed by atoms with Gasteiger partial charge in [-0.3, -0.25) is 9.78 Å². The fourth-order valence-corrected chi connectivity index (χ4v) is 1.73. The molecule has 0 N–H and O–H groups in total. The summed E-state index contributed by atoms with van der Waals surface area (Å²) in [5.74, 6) is -2.42. The number of halogens is 2. The van der Waals surface area contributed by atoms with Gasteiger partial charge in [0.2, 0.25) is 5.78 Å². The molecule has 0 unspecified atom stereocenters. The quantitative estimate of drug-likeness (QED) is 0.763. The summed E-state index contributed by atoms with van der Waals surface area (Å²) in [7, 11) is 0. The predicted octanol–water partition coefficient (Wildman–Crippen LogP) is 3.21. The van der Waals surface area contributed by atoms with Crippen molar-refractivity contribution in [2.75, 3.05) is 0 Å². The predicted molar refractivity (Wildman–Crippen MR) is 63.5 cm³/mol. The summed E-state index contributed by atoms with van der Waals surface area (Å²) in [5, 5.41) is 0. The summed E-state index contributed by atoms with van der Waals surface area (Å²) in [6, 6.07) is 4.90. The Morgan fingerprint density at radius 2 is 1.83 bits per heavy atom. The summed E-state index contributed by atoms with van der Waals surface area (Å²) >= 11 is 0. The van der Waals surface area contributed by atoms with Crippen molar-refractivity contribution in [3.05, 3.63) is 64.5 Å². The van der Waals surface area contributed by atoms with Crippen molar-refractivity contribution in [3.63, 3.8) is 0 Å². The van der Waals surface area contributed by atoms with E-state index in [4.69, 9.17) is 0 Å². The van der Waals surface area contributed by atoms with Crippen LogP contribution in [-0.2, 0) is 0 Å². The SMILES string of the molecule is Cc1cnc(C(=O)c2ccc(F)c(F)c2)c(C)c1. The lowest BCUT2D eigenvalue weighted by Crippen LogP contribution is -2.07. The van der Waals surface area contributed by atoms with Gasteiger partial charge < -0.3 is 0 Å². The molecular weight excluding hydrogens is 236 g/mol. The third-order valence-corrected chi connectivity index (χ3v) is 2.61. The molecule has 0 aliphatic heterocycles. The molecule has 0 saturated carbocycles. The minimum absolute atomic E-state index is 0.0911. The van der Waals surface area contributed by atoms with Gasteiger partial charge in [-0.25, -0.2) is 8.78 Å². The molecule has 0 saturated heterocycles. The second-order valence-corrected chi connectivity index (χ2v) is 4.14. The van der Waals surface area contributed by atoms with E-state index in [9.17, 15) is 13.6 Å². The second-order valence-electron chi connectivity index (χ2n) is 4.14. The molecule has 0 aliphatic rings. The molecule has 0 bridgehead atoms. The Labute approximate surface area is 103 Å². The molecule has 0 fully saturated rings. The van der Waals surface area contributed by atoms with Gasteiger partial charge in [0, 0.05) is 11.8 Å². The highest BCUT2D eigenvalue weighted by atomic mass is 19.2. The van der Waals surface area contributed by atoms with E-state index in [0.717, 1.165) is 17.7 Å². The minimum Gasteiger partial charge on any atom is -0.287 e. The van der Waals surface area contributed by atoms with E-state index < -0.39 is 17.4 Å². The van der Waals surface area contributed by atoms with Crippen LogP contribution in [0.4, 0.5) is 8.78 Å². The zero-order chi connectivity index (χ0) is 13.3. The second kappa shape index (κ2) is 4.64. The summed E-state index contributed by atoms with van der Waals surface area (Å²) in [5.41, 5.74) is 2.00. The van der Waals surface area contributed by atoms with Gasteiger partial charge in [0.1, 0.15) is 5.69 Å². The van der Waals surface area contributed by atoms with Crippen LogP contribution in [0.3, 0.4) is 0 Å². The molecule has 92 valence electrons. The Bertz CT molecular complexity index is 623. The van der Waals surface area contributed by atoms with Gasteiger partial charge in [0.15, 0.2) is 11.6 Å². The summed E-state index contributed by atoms with van der Waals surface area (Å²) < 4.78 is 25.9. The smallest absolute Gasteiger partial charge is 0.211 e. The average Bonchev–Trinajstić information content (AvgIpc) is 2.32. The number of rotatable bonds is 2. The molecule has 0 atom stereocenters. The zero-order valence-electron chi connectivity index (χ0n) is 10.00. The first kappa shape index (κ1) is 12.4. The number of benzene rings is 1. The first-order valence-corrected chi connectivity index (χ1v) is 5.42. The monoisotopic (exact) mass is 247 g/mol.